The molecule has 0 atom stereocenters. The minimum atomic E-state index is -3.51. The number of hydrogen-bond acceptors (Lipinski definition) is 2. The van der Waals surface area contributed by atoms with E-state index in [1.807, 2.05) is 60.7 Å². The molecule has 0 aliphatic heterocycles. The van der Waals surface area contributed by atoms with Crippen LogP contribution in [0.25, 0.3) is 0 Å². The molecule has 0 amide bonds. The molecule has 0 radical (unpaired) electrons. The molecule has 0 spiro atoms. The summed E-state index contributed by atoms with van der Waals surface area (Å²) < 4.78 is 27.2. The third kappa shape index (κ3) is 3.89. The van der Waals surface area contributed by atoms with Crippen molar-refractivity contribution in [3.63, 3.8) is 0 Å². The van der Waals surface area contributed by atoms with Gasteiger partial charge in [0.25, 0.3) is 0 Å². The van der Waals surface area contributed by atoms with E-state index in [2.05, 4.69) is 36.4 Å². The molecule has 4 heteroatoms. The average Bonchev–Trinajstić information content (AvgIpc) is 2.80. The summed E-state index contributed by atoms with van der Waals surface area (Å²) in [5.41, 5.74) is 0.0576. The van der Waals surface area contributed by atoms with E-state index in [0.29, 0.717) is 4.90 Å². The lowest BCUT2D eigenvalue weighted by Gasteiger charge is -2.27. The van der Waals surface area contributed by atoms with Gasteiger partial charge in [-0.25, -0.2) is 8.42 Å². The van der Waals surface area contributed by atoms with Crippen LogP contribution in [0.1, 0.15) is 0 Å². The summed E-state index contributed by atoms with van der Waals surface area (Å²) in [6.45, 7) is 0. The third-order valence-corrected chi connectivity index (χ3v) is 12.5. The van der Waals surface area contributed by atoms with E-state index in [4.69, 9.17) is 0 Å². The second-order valence-electron chi connectivity index (χ2n) is 6.87. The first-order valence-corrected chi connectivity index (χ1v) is 13.1. The summed E-state index contributed by atoms with van der Waals surface area (Å²) in [5.74, 6) is 0. The molecular formula is C25H22O2PS+. The highest BCUT2D eigenvalue weighted by atomic mass is 32.2. The molecular weight excluding hydrogens is 395 g/mol. The number of rotatable bonds is 6. The van der Waals surface area contributed by atoms with Gasteiger partial charge in [-0.15, -0.1) is 0 Å². The smallest absolute Gasteiger partial charge is 0.213 e. The Morgan fingerprint density at radius 2 is 0.793 bits per heavy atom. The normalized spacial score (nSPS) is 11.9. The van der Waals surface area contributed by atoms with E-state index >= 15 is 0 Å². The van der Waals surface area contributed by atoms with Crippen molar-refractivity contribution in [1.29, 1.82) is 0 Å². The number of sulfone groups is 1. The van der Waals surface area contributed by atoms with Gasteiger partial charge in [-0.3, -0.25) is 0 Å². The highest BCUT2D eigenvalue weighted by Gasteiger charge is 2.49. The van der Waals surface area contributed by atoms with Crippen molar-refractivity contribution in [3.8, 4) is 0 Å². The Morgan fingerprint density at radius 1 is 0.483 bits per heavy atom. The van der Waals surface area contributed by atoms with E-state index < -0.39 is 17.1 Å². The van der Waals surface area contributed by atoms with Gasteiger partial charge in [0, 0.05) is 0 Å². The van der Waals surface area contributed by atoms with E-state index in [1.165, 1.54) is 0 Å². The summed E-state index contributed by atoms with van der Waals surface area (Å²) >= 11 is 0. The summed E-state index contributed by atoms with van der Waals surface area (Å²) in [6, 6.07) is 39.0. The minimum Gasteiger partial charge on any atom is -0.220 e. The molecule has 0 aromatic heterocycles. The summed E-state index contributed by atoms with van der Waals surface area (Å²) in [5, 5.41) is 3.20. The van der Waals surface area contributed by atoms with Gasteiger partial charge in [-0.2, -0.15) is 0 Å². The minimum absolute atomic E-state index is 0.0576. The maximum atomic E-state index is 13.6. The van der Waals surface area contributed by atoms with Gasteiger partial charge in [-0.05, 0) is 48.5 Å². The van der Waals surface area contributed by atoms with Gasteiger partial charge in [0.15, 0.2) is 5.49 Å². The quantitative estimate of drug-likeness (QED) is 0.436. The van der Waals surface area contributed by atoms with Crippen LogP contribution in [0.5, 0.6) is 0 Å². The fourth-order valence-corrected chi connectivity index (χ4v) is 11.6. The zero-order valence-corrected chi connectivity index (χ0v) is 17.6. The number of hydrogen-bond donors (Lipinski definition) is 0. The maximum Gasteiger partial charge on any atom is 0.213 e. The maximum absolute atomic E-state index is 13.6. The summed E-state index contributed by atoms with van der Waals surface area (Å²) in [7, 11) is -5.94. The molecule has 0 heterocycles. The first-order chi connectivity index (χ1) is 14.1. The van der Waals surface area contributed by atoms with Gasteiger partial charge in [0.05, 0.1) is 4.90 Å². The molecule has 0 bridgehead atoms. The van der Waals surface area contributed by atoms with Crippen LogP contribution in [-0.4, -0.2) is 13.9 Å². The molecule has 2 nitrogen and oxygen atoms in total. The SMILES string of the molecule is O=S(=O)(C[P+](c1ccccc1)(c1ccccc1)c1ccccc1)c1ccccc1. The van der Waals surface area contributed by atoms with Crippen LogP contribution in [0.4, 0.5) is 0 Å². The Balaban J connectivity index is 2.01. The number of benzene rings is 4. The van der Waals surface area contributed by atoms with Crippen LogP contribution in [0.15, 0.2) is 126 Å². The molecule has 0 aliphatic rings. The monoisotopic (exact) mass is 417 g/mol. The zero-order chi connectivity index (χ0) is 20.2. The molecule has 4 aromatic rings. The van der Waals surface area contributed by atoms with Gasteiger partial charge in [0.1, 0.15) is 23.2 Å². The molecule has 0 aliphatic carbocycles. The van der Waals surface area contributed by atoms with Gasteiger partial charge in [-0.1, -0.05) is 72.8 Å². The van der Waals surface area contributed by atoms with Gasteiger partial charge >= 0.3 is 0 Å². The van der Waals surface area contributed by atoms with Crippen molar-refractivity contribution >= 4 is 33.0 Å². The first kappa shape index (κ1) is 19.6. The Labute approximate surface area is 173 Å². The molecule has 0 N–H and O–H groups in total. The van der Waals surface area contributed by atoms with Crippen LogP contribution in [-0.2, 0) is 9.84 Å². The predicted molar refractivity (Wildman–Crippen MR) is 124 cm³/mol. The lowest BCUT2D eigenvalue weighted by Crippen LogP contribution is -2.35. The molecule has 0 unspecified atom stereocenters. The Morgan fingerprint density at radius 3 is 1.14 bits per heavy atom. The Bertz CT molecular complexity index is 1060. The van der Waals surface area contributed by atoms with Gasteiger partial charge < -0.3 is 0 Å². The van der Waals surface area contributed by atoms with E-state index in [0.717, 1.165) is 15.9 Å². The van der Waals surface area contributed by atoms with Gasteiger partial charge in [0.2, 0.25) is 9.84 Å². The van der Waals surface area contributed by atoms with Crippen molar-refractivity contribution < 1.29 is 8.42 Å². The Kier molecular flexibility index (Phi) is 5.62. The topological polar surface area (TPSA) is 34.1 Å². The molecule has 0 saturated carbocycles. The molecule has 0 saturated heterocycles. The van der Waals surface area contributed by atoms with E-state index in [-0.39, 0.29) is 5.49 Å². The van der Waals surface area contributed by atoms with Crippen molar-refractivity contribution in [2.75, 3.05) is 5.49 Å². The van der Waals surface area contributed by atoms with Crippen molar-refractivity contribution in [1.82, 2.24) is 0 Å². The first-order valence-electron chi connectivity index (χ1n) is 9.46. The molecule has 4 rings (SSSR count). The largest absolute Gasteiger partial charge is 0.220 e. The third-order valence-electron chi connectivity index (χ3n) is 5.06. The molecule has 4 aromatic carbocycles. The van der Waals surface area contributed by atoms with Crippen LogP contribution < -0.4 is 15.9 Å². The standard InChI is InChI=1S/C25H22O2PS/c26-29(27,25-19-11-4-12-20-25)21-28(22-13-5-1-6-14-22,23-15-7-2-8-16-23)24-17-9-3-10-18-24/h1-20H,21H2/q+1. The summed E-state index contributed by atoms with van der Waals surface area (Å²) in [6.07, 6.45) is 0. The van der Waals surface area contributed by atoms with E-state index in [1.54, 1.807) is 24.3 Å². The fraction of sp³-hybridized carbons (Fsp3) is 0.0400. The Hall–Kier alpha value is -2.74. The zero-order valence-electron chi connectivity index (χ0n) is 15.9. The van der Waals surface area contributed by atoms with Crippen LogP contribution in [0, 0.1) is 0 Å². The van der Waals surface area contributed by atoms with Crippen LogP contribution >= 0.6 is 7.26 Å². The second-order valence-corrected chi connectivity index (χ2v) is 12.8. The molecule has 144 valence electrons. The highest BCUT2D eigenvalue weighted by Crippen LogP contribution is 2.56. The van der Waals surface area contributed by atoms with Crippen molar-refractivity contribution in [2.45, 2.75) is 4.90 Å². The van der Waals surface area contributed by atoms with Crippen LogP contribution in [0.3, 0.4) is 0 Å². The second kappa shape index (κ2) is 8.32. The lowest BCUT2D eigenvalue weighted by molar-refractivity contribution is 0.600. The molecule has 29 heavy (non-hydrogen) atoms. The highest BCUT2D eigenvalue weighted by molar-refractivity contribution is 8.09. The van der Waals surface area contributed by atoms with Crippen molar-refractivity contribution in [3.05, 3.63) is 121 Å². The average molecular weight is 417 g/mol. The fourth-order valence-electron chi connectivity index (χ4n) is 3.68. The molecule has 0 fully saturated rings. The summed E-state index contributed by atoms with van der Waals surface area (Å²) in [4.78, 5) is 0.368. The lowest BCUT2D eigenvalue weighted by atomic mass is 10.4. The predicted octanol–water partition coefficient (Wildman–Crippen LogP) is 4.41. The van der Waals surface area contributed by atoms with Crippen molar-refractivity contribution in [2.24, 2.45) is 0 Å². The van der Waals surface area contributed by atoms with E-state index in [9.17, 15) is 8.42 Å². The van der Waals surface area contributed by atoms with Crippen LogP contribution in [0.2, 0.25) is 0 Å².